The van der Waals surface area contributed by atoms with Gasteiger partial charge >= 0.3 is 0 Å². The number of carbonyl (C=O) groups excluding carboxylic acids is 1. The molecular weight excluding hydrogens is 309 g/mol. The van der Waals surface area contributed by atoms with Gasteiger partial charge in [0.2, 0.25) is 0 Å². The first-order chi connectivity index (χ1) is 11.7. The molecule has 7 heteroatoms. The van der Waals surface area contributed by atoms with Crippen molar-refractivity contribution in [3.63, 3.8) is 0 Å². The van der Waals surface area contributed by atoms with E-state index in [9.17, 15) is 9.18 Å². The van der Waals surface area contributed by atoms with Gasteiger partial charge in [-0.05, 0) is 18.6 Å². The molecule has 0 fully saturated rings. The van der Waals surface area contributed by atoms with Gasteiger partial charge in [-0.2, -0.15) is 0 Å². The Balaban J connectivity index is 1.82. The highest BCUT2D eigenvalue weighted by Crippen LogP contribution is 2.31. The lowest BCUT2D eigenvalue weighted by atomic mass is 10.1. The van der Waals surface area contributed by atoms with Crippen LogP contribution < -0.4 is 0 Å². The van der Waals surface area contributed by atoms with Gasteiger partial charge in [-0.3, -0.25) is 4.90 Å². The van der Waals surface area contributed by atoms with Crippen molar-refractivity contribution in [2.24, 2.45) is 0 Å². The van der Waals surface area contributed by atoms with Gasteiger partial charge in [-0.1, -0.05) is 6.08 Å². The van der Waals surface area contributed by atoms with E-state index in [4.69, 9.17) is 0 Å². The Kier molecular flexibility index (Phi) is 3.57. The molecule has 1 aliphatic heterocycles. The number of alkyl halides is 1. The van der Waals surface area contributed by atoms with E-state index in [1.54, 1.807) is 11.1 Å². The smallest absolute Gasteiger partial charge is 0.160 e. The summed E-state index contributed by atoms with van der Waals surface area (Å²) in [5.41, 5.74) is 3.31. The third-order valence-corrected chi connectivity index (χ3v) is 4.30. The SMILES string of the molecule is Cc1nc(C2=CCN(C(F)CC=O)C2)c2c(cnc3[nH]ccc32)n1. The van der Waals surface area contributed by atoms with E-state index in [1.807, 2.05) is 25.3 Å². The molecule has 1 N–H and O–H groups in total. The zero-order valence-corrected chi connectivity index (χ0v) is 13.2. The molecule has 1 atom stereocenters. The maximum atomic E-state index is 14.0. The third-order valence-electron chi connectivity index (χ3n) is 4.30. The summed E-state index contributed by atoms with van der Waals surface area (Å²) in [6.07, 6.45) is 4.76. The number of pyridine rings is 1. The number of carbonyl (C=O) groups is 1. The summed E-state index contributed by atoms with van der Waals surface area (Å²) >= 11 is 0. The predicted molar refractivity (Wildman–Crippen MR) is 89.1 cm³/mol. The van der Waals surface area contributed by atoms with Gasteiger partial charge in [0.1, 0.15) is 17.8 Å². The Morgan fingerprint density at radius 3 is 3.17 bits per heavy atom. The van der Waals surface area contributed by atoms with Gasteiger partial charge in [0.15, 0.2) is 6.30 Å². The quantitative estimate of drug-likeness (QED) is 0.589. The van der Waals surface area contributed by atoms with Gasteiger partial charge in [0.25, 0.3) is 0 Å². The summed E-state index contributed by atoms with van der Waals surface area (Å²) in [7, 11) is 0. The van der Waals surface area contributed by atoms with Crippen LogP contribution in [-0.4, -0.2) is 50.5 Å². The fraction of sp³-hybridized carbons (Fsp3) is 0.294. The van der Waals surface area contributed by atoms with Crippen LogP contribution in [0.1, 0.15) is 17.9 Å². The number of hydrogen-bond donors (Lipinski definition) is 1. The zero-order valence-electron chi connectivity index (χ0n) is 13.2. The first-order valence-corrected chi connectivity index (χ1v) is 7.79. The van der Waals surface area contributed by atoms with Crippen molar-refractivity contribution in [1.29, 1.82) is 0 Å². The number of hydrogen-bond acceptors (Lipinski definition) is 5. The molecule has 3 aromatic rings. The fourth-order valence-corrected chi connectivity index (χ4v) is 3.17. The van der Waals surface area contributed by atoms with Crippen LogP contribution in [0.25, 0.3) is 27.5 Å². The van der Waals surface area contributed by atoms with Crippen molar-refractivity contribution in [2.45, 2.75) is 19.6 Å². The molecule has 0 aromatic carbocycles. The molecule has 4 rings (SSSR count). The molecule has 0 saturated carbocycles. The van der Waals surface area contributed by atoms with Crippen LogP contribution in [0.2, 0.25) is 0 Å². The number of nitrogens with one attached hydrogen (secondary N) is 1. The first-order valence-electron chi connectivity index (χ1n) is 7.79. The lowest BCUT2D eigenvalue weighted by Gasteiger charge is -2.19. The molecule has 0 radical (unpaired) electrons. The second kappa shape index (κ2) is 5.76. The van der Waals surface area contributed by atoms with Gasteiger partial charge in [-0.25, -0.2) is 19.3 Å². The minimum atomic E-state index is -1.26. The molecule has 6 nitrogen and oxygen atoms in total. The third kappa shape index (κ3) is 2.37. The van der Waals surface area contributed by atoms with Gasteiger partial charge in [-0.15, -0.1) is 0 Å². The number of aromatic nitrogens is 4. The van der Waals surface area contributed by atoms with Crippen LogP contribution in [0, 0.1) is 6.92 Å². The number of H-pyrrole nitrogens is 1. The standard InChI is InChI=1S/C17H16FN5O/c1-10-21-13-8-20-17-12(2-5-19-17)15(13)16(22-10)11-3-6-23(9-11)14(18)4-7-24/h2-3,5,7-8,14H,4,6,9H2,1H3,(H,19,20). The number of aromatic amines is 1. The summed E-state index contributed by atoms with van der Waals surface area (Å²) in [5.74, 6) is 0.651. The number of aryl methyl sites for hydroxylation is 1. The second-order valence-electron chi connectivity index (χ2n) is 5.87. The molecule has 0 saturated heterocycles. The Morgan fingerprint density at radius 1 is 1.46 bits per heavy atom. The van der Waals surface area contributed by atoms with Crippen LogP contribution in [0.15, 0.2) is 24.5 Å². The number of halogens is 1. The highest BCUT2D eigenvalue weighted by Gasteiger charge is 2.25. The van der Waals surface area contributed by atoms with E-state index in [2.05, 4.69) is 19.9 Å². The maximum Gasteiger partial charge on any atom is 0.160 e. The van der Waals surface area contributed by atoms with E-state index in [-0.39, 0.29) is 6.42 Å². The van der Waals surface area contributed by atoms with Crippen molar-refractivity contribution in [3.8, 4) is 0 Å². The van der Waals surface area contributed by atoms with Gasteiger partial charge in [0, 0.05) is 36.5 Å². The minimum Gasteiger partial charge on any atom is -0.346 e. The summed E-state index contributed by atoms with van der Waals surface area (Å²) in [6.45, 7) is 2.73. The van der Waals surface area contributed by atoms with Gasteiger partial charge in [0.05, 0.1) is 17.4 Å². The van der Waals surface area contributed by atoms with Crippen molar-refractivity contribution in [3.05, 3.63) is 36.1 Å². The summed E-state index contributed by atoms with van der Waals surface area (Å²) in [4.78, 5) is 28.7. The largest absolute Gasteiger partial charge is 0.346 e. The minimum absolute atomic E-state index is 0.114. The van der Waals surface area contributed by atoms with Crippen molar-refractivity contribution in [2.75, 3.05) is 13.1 Å². The molecule has 3 aromatic heterocycles. The topological polar surface area (TPSA) is 74.8 Å². The van der Waals surface area contributed by atoms with Crippen molar-refractivity contribution in [1.82, 2.24) is 24.8 Å². The van der Waals surface area contributed by atoms with E-state index >= 15 is 0 Å². The second-order valence-corrected chi connectivity index (χ2v) is 5.87. The van der Waals surface area contributed by atoms with E-state index in [0.717, 1.165) is 33.2 Å². The first kappa shape index (κ1) is 14.9. The summed E-state index contributed by atoms with van der Waals surface area (Å²) in [5, 5.41) is 1.87. The Labute approximate surface area is 137 Å². The van der Waals surface area contributed by atoms with E-state index in [1.165, 1.54) is 0 Å². The van der Waals surface area contributed by atoms with E-state index < -0.39 is 6.30 Å². The molecule has 0 bridgehead atoms. The van der Waals surface area contributed by atoms with Crippen molar-refractivity contribution >= 4 is 33.8 Å². The zero-order chi connectivity index (χ0) is 16.7. The summed E-state index contributed by atoms with van der Waals surface area (Å²) in [6, 6.07) is 1.95. The average molecular weight is 325 g/mol. The number of nitrogens with zero attached hydrogens (tertiary/aromatic N) is 4. The number of fused-ring (bicyclic) bond motifs is 3. The van der Waals surface area contributed by atoms with Crippen LogP contribution >= 0.6 is 0 Å². The van der Waals surface area contributed by atoms with Crippen LogP contribution in [0.5, 0.6) is 0 Å². The molecule has 4 heterocycles. The molecule has 24 heavy (non-hydrogen) atoms. The van der Waals surface area contributed by atoms with Gasteiger partial charge < -0.3 is 9.78 Å². The molecular formula is C17H16FN5O. The Morgan fingerprint density at radius 2 is 2.33 bits per heavy atom. The van der Waals surface area contributed by atoms with E-state index in [0.29, 0.717) is 25.2 Å². The molecule has 0 amide bonds. The van der Waals surface area contributed by atoms with Crippen LogP contribution in [0.3, 0.4) is 0 Å². The maximum absolute atomic E-state index is 14.0. The molecule has 0 aliphatic carbocycles. The Bertz CT molecular complexity index is 964. The van der Waals surface area contributed by atoms with Crippen molar-refractivity contribution < 1.29 is 9.18 Å². The average Bonchev–Trinajstić information content (AvgIpc) is 3.23. The molecule has 1 aliphatic rings. The Hall–Kier alpha value is -2.67. The fourth-order valence-electron chi connectivity index (χ4n) is 3.17. The number of rotatable bonds is 4. The summed E-state index contributed by atoms with van der Waals surface area (Å²) < 4.78 is 14.0. The van der Waals surface area contributed by atoms with Crippen LogP contribution in [-0.2, 0) is 4.79 Å². The van der Waals surface area contributed by atoms with Crippen LogP contribution in [0.4, 0.5) is 4.39 Å². The molecule has 1 unspecified atom stereocenters. The highest BCUT2D eigenvalue weighted by atomic mass is 19.1. The lowest BCUT2D eigenvalue weighted by Crippen LogP contribution is -2.30. The predicted octanol–water partition coefficient (Wildman–Crippen LogP) is 2.40. The monoisotopic (exact) mass is 325 g/mol. The lowest BCUT2D eigenvalue weighted by molar-refractivity contribution is -0.110. The normalized spacial score (nSPS) is 16.7. The number of aldehydes is 1. The molecule has 0 spiro atoms. The molecule has 122 valence electrons. The highest BCUT2D eigenvalue weighted by molar-refractivity contribution is 6.08.